The third-order valence-electron chi connectivity index (χ3n) is 3.02. The largest absolute Gasteiger partial charge is 0.447 e. The monoisotopic (exact) mass is 228 g/mol. The van der Waals surface area contributed by atoms with Gasteiger partial charge in [-0.3, -0.25) is 0 Å². The maximum absolute atomic E-state index is 11.2. The maximum Gasteiger partial charge on any atom is 0.407 e. The summed E-state index contributed by atoms with van der Waals surface area (Å²) in [7, 11) is 2.13. The summed E-state index contributed by atoms with van der Waals surface area (Å²) < 4.78 is 4.99. The molecule has 0 radical (unpaired) electrons. The van der Waals surface area contributed by atoms with Crippen molar-refractivity contribution in [1.82, 2.24) is 10.2 Å². The van der Waals surface area contributed by atoms with Crippen molar-refractivity contribution in [2.45, 2.75) is 51.7 Å². The number of rotatable bonds is 5. The topological polar surface area (TPSA) is 41.6 Å². The zero-order chi connectivity index (χ0) is 12.0. The molecule has 0 aliphatic heterocycles. The van der Waals surface area contributed by atoms with E-state index in [1.54, 1.807) is 0 Å². The molecule has 0 atom stereocenters. The number of hydrogen-bond donors (Lipinski definition) is 1. The van der Waals surface area contributed by atoms with Gasteiger partial charge in [-0.15, -0.1) is 0 Å². The molecular weight excluding hydrogens is 204 g/mol. The summed E-state index contributed by atoms with van der Waals surface area (Å²) >= 11 is 0. The third kappa shape index (κ3) is 4.84. The molecule has 0 aromatic carbocycles. The third-order valence-corrected chi connectivity index (χ3v) is 3.02. The second-order valence-electron chi connectivity index (χ2n) is 4.80. The Morgan fingerprint density at radius 3 is 2.62 bits per heavy atom. The molecule has 1 N–H and O–H groups in total. The van der Waals surface area contributed by atoms with Crippen molar-refractivity contribution in [3.05, 3.63) is 0 Å². The highest BCUT2D eigenvalue weighted by Gasteiger charge is 2.19. The van der Waals surface area contributed by atoms with Crippen molar-refractivity contribution in [2.24, 2.45) is 0 Å². The fraction of sp³-hybridized carbons (Fsp3) is 0.917. The highest BCUT2D eigenvalue weighted by atomic mass is 16.6. The van der Waals surface area contributed by atoms with Crippen molar-refractivity contribution in [1.29, 1.82) is 0 Å². The van der Waals surface area contributed by atoms with Crippen LogP contribution in [0.25, 0.3) is 0 Å². The van der Waals surface area contributed by atoms with Gasteiger partial charge in [-0.2, -0.15) is 0 Å². The summed E-state index contributed by atoms with van der Waals surface area (Å²) in [4.78, 5) is 13.5. The van der Waals surface area contributed by atoms with Gasteiger partial charge in [-0.05, 0) is 33.7 Å². The summed E-state index contributed by atoms with van der Waals surface area (Å²) in [5.74, 6) is 0. The van der Waals surface area contributed by atoms with E-state index in [1.807, 2.05) is 13.8 Å². The maximum atomic E-state index is 11.2. The zero-order valence-corrected chi connectivity index (χ0v) is 10.7. The molecular formula is C12H24N2O2. The molecule has 1 aliphatic carbocycles. The number of alkyl carbamates (subject to hydrolysis) is 1. The van der Waals surface area contributed by atoms with Gasteiger partial charge in [0.1, 0.15) is 0 Å². The number of hydrogen-bond acceptors (Lipinski definition) is 3. The van der Waals surface area contributed by atoms with Crippen LogP contribution in [-0.2, 0) is 4.74 Å². The molecule has 0 bridgehead atoms. The van der Waals surface area contributed by atoms with Crippen LogP contribution in [0.1, 0.15) is 39.5 Å². The second-order valence-corrected chi connectivity index (χ2v) is 4.80. The Morgan fingerprint density at radius 2 is 2.06 bits per heavy atom. The van der Waals surface area contributed by atoms with E-state index in [2.05, 4.69) is 17.3 Å². The van der Waals surface area contributed by atoms with E-state index >= 15 is 0 Å². The smallest absolute Gasteiger partial charge is 0.407 e. The minimum absolute atomic E-state index is 0.0486. The van der Waals surface area contributed by atoms with E-state index < -0.39 is 0 Å². The predicted octanol–water partition coefficient (Wildman–Crippen LogP) is 2.00. The van der Waals surface area contributed by atoms with Crippen molar-refractivity contribution in [2.75, 3.05) is 20.1 Å². The fourth-order valence-electron chi connectivity index (χ4n) is 2.12. The number of nitrogens with zero attached hydrogens (tertiary/aromatic N) is 1. The Labute approximate surface area is 98.3 Å². The minimum Gasteiger partial charge on any atom is -0.447 e. The molecule has 0 aromatic rings. The molecule has 4 heteroatoms. The van der Waals surface area contributed by atoms with Crippen LogP contribution in [0.5, 0.6) is 0 Å². The quantitative estimate of drug-likeness (QED) is 0.782. The summed E-state index contributed by atoms with van der Waals surface area (Å²) in [5.41, 5.74) is 0. The number of amides is 1. The molecule has 4 nitrogen and oxygen atoms in total. The van der Waals surface area contributed by atoms with Crippen LogP contribution in [0.4, 0.5) is 4.79 Å². The lowest BCUT2D eigenvalue weighted by Gasteiger charge is -2.23. The van der Waals surface area contributed by atoms with Gasteiger partial charge in [0.05, 0.1) is 6.10 Å². The lowest BCUT2D eigenvalue weighted by atomic mass is 10.2. The molecule has 0 aromatic heterocycles. The van der Waals surface area contributed by atoms with Crippen LogP contribution in [0.2, 0.25) is 0 Å². The normalized spacial score (nSPS) is 17.1. The van der Waals surface area contributed by atoms with Gasteiger partial charge >= 0.3 is 6.09 Å². The second kappa shape index (κ2) is 6.74. The van der Waals surface area contributed by atoms with Gasteiger partial charge in [0.25, 0.3) is 0 Å². The van der Waals surface area contributed by atoms with E-state index in [4.69, 9.17) is 4.74 Å². The minimum atomic E-state index is -0.310. The molecule has 0 saturated heterocycles. The Hall–Kier alpha value is -0.770. The zero-order valence-electron chi connectivity index (χ0n) is 10.7. The van der Waals surface area contributed by atoms with Crippen molar-refractivity contribution < 1.29 is 9.53 Å². The first-order valence-corrected chi connectivity index (χ1v) is 6.24. The molecule has 1 rings (SSSR count). The van der Waals surface area contributed by atoms with Gasteiger partial charge in [0.2, 0.25) is 0 Å². The van der Waals surface area contributed by atoms with Crippen molar-refractivity contribution >= 4 is 6.09 Å². The molecule has 1 aliphatic rings. The van der Waals surface area contributed by atoms with E-state index in [0.717, 1.165) is 6.54 Å². The van der Waals surface area contributed by atoms with Gasteiger partial charge in [0.15, 0.2) is 0 Å². The standard InChI is InChI=1S/C12H24N2O2/c1-10(2)16-12(15)13-8-9-14(3)11-6-4-5-7-11/h10-11H,4-9H2,1-3H3,(H,13,15). The van der Waals surface area contributed by atoms with E-state index in [0.29, 0.717) is 12.6 Å². The number of likely N-dealkylation sites (N-methyl/N-ethyl adjacent to an activating group) is 1. The molecule has 1 fully saturated rings. The molecule has 0 spiro atoms. The lowest BCUT2D eigenvalue weighted by molar-refractivity contribution is 0.114. The summed E-state index contributed by atoms with van der Waals surface area (Å²) in [6.45, 7) is 5.27. The average molecular weight is 228 g/mol. The Morgan fingerprint density at radius 1 is 1.44 bits per heavy atom. The number of nitrogens with one attached hydrogen (secondary N) is 1. The van der Waals surface area contributed by atoms with Crippen LogP contribution >= 0.6 is 0 Å². The first kappa shape index (κ1) is 13.3. The van der Waals surface area contributed by atoms with Crippen LogP contribution < -0.4 is 5.32 Å². The number of carbonyl (C=O) groups excluding carboxylic acids is 1. The summed E-state index contributed by atoms with van der Waals surface area (Å²) in [5, 5.41) is 2.77. The van der Waals surface area contributed by atoms with Gasteiger partial charge in [-0.25, -0.2) is 4.79 Å². The lowest BCUT2D eigenvalue weighted by Crippen LogP contribution is -2.38. The average Bonchev–Trinajstić information content (AvgIpc) is 2.68. The van der Waals surface area contributed by atoms with Gasteiger partial charge < -0.3 is 15.0 Å². The van der Waals surface area contributed by atoms with Crippen LogP contribution in [0.15, 0.2) is 0 Å². The summed E-state index contributed by atoms with van der Waals surface area (Å²) in [6.07, 6.45) is 4.93. The Kier molecular flexibility index (Phi) is 5.60. The molecule has 1 saturated carbocycles. The van der Waals surface area contributed by atoms with Gasteiger partial charge in [-0.1, -0.05) is 12.8 Å². The number of carbonyl (C=O) groups is 1. The highest BCUT2D eigenvalue weighted by Crippen LogP contribution is 2.21. The van der Waals surface area contributed by atoms with E-state index in [1.165, 1.54) is 25.7 Å². The predicted molar refractivity (Wildman–Crippen MR) is 64.5 cm³/mol. The van der Waals surface area contributed by atoms with Crippen molar-refractivity contribution in [3.8, 4) is 0 Å². The van der Waals surface area contributed by atoms with Crippen LogP contribution in [0.3, 0.4) is 0 Å². The Balaban J connectivity index is 2.07. The molecule has 94 valence electrons. The van der Waals surface area contributed by atoms with Gasteiger partial charge in [0, 0.05) is 19.1 Å². The first-order chi connectivity index (χ1) is 7.59. The molecule has 0 heterocycles. The fourth-order valence-corrected chi connectivity index (χ4v) is 2.12. The highest BCUT2D eigenvalue weighted by molar-refractivity contribution is 5.67. The van der Waals surface area contributed by atoms with Crippen LogP contribution in [-0.4, -0.2) is 43.3 Å². The number of ether oxygens (including phenoxy) is 1. The van der Waals surface area contributed by atoms with E-state index in [9.17, 15) is 4.79 Å². The molecule has 1 amide bonds. The first-order valence-electron chi connectivity index (χ1n) is 6.24. The van der Waals surface area contributed by atoms with E-state index in [-0.39, 0.29) is 12.2 Å². The van der Waals surface area contributed by atoms with Crippen LogP contribution in [0, 0.1) is 0 Å². The van der Waals surface area contributed by atoms with Crippen molar-refractivity contribution in [3.63, 3.8) is 0 Å². The summed E-state index contributed by atoms with van der Waals surface area (Å²) in [6, 6.07) is 0.711. The Bertz CT molecular complexity index is 213. The molecule has 16 heavy (non-hydrogen) atoms. The SMILES string of the molecule is CC(C)OC(=O)NCCN(C)C1CCCC1. The molecule has 0 unspecified atom stereocenters.